The van der Waals surface area contributed by atoms with E-state index in [2.05, 4.69) is 10.2 Å². The number of ether oxygens (including phenoxy) is 2. The van der Waals surface area contributed by atoms with E-state index < -0.39 is 0 Å². The highest BCUT2D eigenvalue weighted by Crippen LogP contribution is 2.24. The fourth-order valence-corrected chi connectivity index (χ4v) is 3.72. The quantitative estimate of drug-likeness (QED) is 0.604. The number of amides is 1. The number of hydrogen-bond donors (Lipinski definition) is 0. The maximum Gasteiger partial charge on any atom is 0.257 e. The first kappa shape index (κ1) is 21.0. The van der Waals surface area contributed by atoms with Gasteiger partial charge in [-0.1, -0.05) is 0 Å². The van der Waals surface area contributed by atoms with E-state index in [1.165, 1.54) is 12.1 Å². The van der Waals surface area contributed by atoms with Crippen molar-refractivity contribution >= 4 is 5.91 Å². The molecule has 1 atom stereocenters. The van der Waals surface area contributed by atoms with Gasteiger partial charge in [0.2, 0.25) is 0 Å². The first-order valence-electron chi connectivity index (χ1n) is 10.2. The highest BCUT2D eigenvalue weighted by molar-refractivity contribution is 5.95. The lowest BCUT2D eigenvalue weighted by molar-refractivity contribution is -0.0249. The zero-order chi connectivity index (χ0) is 22.0. The zero-order valence-corrected chi connectivity index (χ0v) is 17.9. The van der Waals surface area contributed by atoms with E-state index in [0.29, 0.717) is 44.0 Å². The molecule has 1 amide bonds. The van der Waals surface area contributed by atoms with Crippen molar-refractivity contribution in [2.75, 3.05) is 26.3 Å². The van der Waals surface area contributed by atoms with Crippen LogP contribution in [0.15, 0.2) is 36.5 Å². The summed E-state index contributed by atoms with van der Waals surface area (Å²) in [6, 6.07) is 7.95. The lowest BCUT2D eigenvalue weighted by Gasteiger charge is -2.32. The van der Waals surface area contributed by atoms with E-state index in [0.717, 1.165) is 17.1 Å². The van der Waals surface area contributed by atoms with Gasteiger partial charge >= 0.3 is 0 Å². The Morgan fingerprint density at radius 2 is 2.03 bits per heavy atom. The van der Waals surface area contributed by atoms with Gasteiger partial charge in [0.1, 0.15) is 17.7 Å². The van der Waals surface area contributed by atoms with Gasteiger partial charge in [-0.2, -0.15) is 10.2 Å². The van der Waals surface area contributed by atoms with Crippen molar-refractivity contribution in [1.29, 1.82) is 0 Å². The van der Waals surface area contributed by atoms with Crippen LogP contribution in [0.3, 0.4) is 0 Å². The molecule has 4 rings (SSSR count). The van der Waals surface area contributed by atoms with E-state index in [9.17, 15) is 9.18 Å². The van der Waals surface area contributed by atoms with Crippen LogP contribution in [0.2, 0.25) is 0 Å². The molecule has 1 saturated heterocycles. The lowest BCUT2D eigenvalue weighted by atomic mass is 10.1. The molecule has 0 spiro atoms. The van der Waals surface area contributed by atoms with E-state index in [1.807, 2.05) is 20.0 Å². The average Bonchev–Trinajstić information content (AvgIpc) is 3.30. The fraction of sp³-hybridized carbons (Fsp3) is 0.409. The number of aromatic nitrogens is 4. The Labute approximate surface area is 180 Å². The molecule has 0 N–H and O–H groups in total. The van der Waals surface area contributed by atoms with Gasteiger partial charge in [-0.3, -0.25) is 14.2 Å². The Balaban J connectivity index is 1.38. The van der Waals surface area contributed by atoms with Crippen molar-refractivity contribution in [3.8, 4) is 5.75 Å². The van der Waals surface area contributed by atoms with Crippen LogP contribution >= 0.6 is 0 Å². The van der Waals surface area contributed by atoms with Gasteiger partial charge in [-0.05, 0) is 37.3 Å². The maximum atomic E-state index is 13.0. The summed E-state index contributed by atoms with van der Waals surface area (Å²) in [7, 11) is 3.68. The minimum Gasteiger partial charge on any atom is -0.493 e. The lowest BCUT2D eigenvalue weighted by Crippen LogP contribution is -2.42. The summed E-state index contributed by atoms with van der Waals surface area (Å²) in [4.78, 5) is 14.7. The predicted octanol–water partition coefficient (Wildman–Crippen LogP) is 2.44. The summed E-state index contributed by atoms with van der Waals surface area (Å²) in [5.41, 5.74) is 3.12. The summed E-state index contributed by atoms with van der Waals surface area (Å²) >= 11 is 0. The topological polar surface area (TPSA) is 74.4 Å². The minimum absolute atomic E-state index is 0.0391. The number of rotatable bonds is 6. The van der Waals surface area contributed by atoms with Crippen molar-refractivity contribution in [2.45, 2.75) is 19.4 Å². The summed E-state index contributed by atoms with van der Waals surface area (Å²) in [6.45, 7) is 3.71. The third-order valence-corrected chi connectivity index (χ3v) is 5.36. The van der Waals surface area contributed by atoms with Gasteiger partial charge in [0.05, 0.1) is 36.7 Å². The van der Waals surface area contributed by atoms with Gasteiger partial charge in [-0.25, -0.2) is 4.39 Å². The monoisotopic (exact) mass is 427 g/mol. The second kappa shape index (κ2) is 8.89. The van der Waals surface area contributed by atoms with Gasteiger partial charge in [0.25, 0.3) is 5.91 Å². The number of morpholine rings is 1. The molecule has 1 fully saturated rings. The second-order valence-electron chi connectivity index (χ2n) is 7.65. The summed E-state index contributed by atoms with van der Waals surface area (Å²) in [5, 5.41) is 8.86. The van der Waals surface area contributed by atoms with E-state index >= 15 is 0 Å². The van der Waals surface area contributed by atoms with E-state index in [4.69, 9.17) is 9.47 Å². The van der Waals surface area contributed by atoms with Crippen molar-refractivity contribution in [1.82, 2.24) is 24.5 Å². The van der Waals surface area contributed by atoms with Crippen molar-refractivity contribution in [3.63, 3.8) is 0 Å². The number of carbonyl (C=O) groups excluding carboxylic acids is 1. The SMILES string of the molecule is Cc1nn(C)cc1C(=O)N1CCO[C@@H](c2cc(CCOc3ccc(F)cc3)n(C)n2)C1. The standard InChI is InChI=1S/C22H26FN5O3/c1-15-19(13-26(2)24-15)22(29)28-9-11-31-21(14-28)20-12-17(27(3)25-20)8-10-30-18-6-4-16(23)5-7-18/h4-7,12-13,21H,8-11,14H2,1-3H3/t21-/m1/s1. The number of aryl methyl sites for hydroxylation is 3. The summed E-state index contributed by atoms with van der Waals surface area (Å²) in [5.74, 6) is 0.296. The molecule has 8 nitrogen and oxygen atoms in total. The Bertz CT molecular complexity index is 1060. The van der Waals surface area contributed by atoms with Gasteiger partial charge in [0.15, 0.2) is 0 Å². The molecule has 0 saturated carbocycles. The molecule has 2 aromatic heterocycles. The first-order chi connectivity index (χ1) is 14.9. The smallest absolute Gasteiger partial charge is 0.257 e. The molecule has 0 unspecified atom stereocenters. The van der Waals surface area contributed by atoms with Crippen LogP contribution in [-0.4, -0.2) is 56.7 Å². The zero-order valence-electron chi connectivity index (χ0n) is 17.9. The van der Waals surface area contributed by atoms with Gasteiger partial charge in [-0.15, -0.1) is 0 Å². The number of hydrogen-bond acceptors (Lipinski definition) is 5. The third-order valence-electron chi connectivity index (χ3n) is 5.36. The molecular weight excluding hydrogens is 401 g/mol. The predicted molar refractivity (Wildman–Crippen MR) is 111 cm³/mol. The minimum atomic E-state index is -0.290. The van der Waals surface area contributed by atoms with E-state index in [-0.39, 0.29) is 17.8 Å². The molecule has 0 radical (unpaired) electrons. The van der Waals surface area contributed by atoms with Crippen LogP contribution in [0, 0.1) is 12.7 Å². The van der Waals surface area contributed by atoms with E-state index in [1.54, 1.807) is 39.6 Å². The molecule has 0 bridgehead atoms. The number of benzene rings is 1. The summed E-state index contributed by atoms with van der Waals surface area (Å²) < 4.78 is 28.0. The highest BCUT2D eigenvalue weighted by Gasteiger charge is 2.29. The number of carbonyl (C=O) groups is 1. The van der Waals surface area contributed by atoms with Crippen molar-refractivity contribution < 1.29 is 18.7 Å². The maximum absolute atomic E-state index is 13.0. The molecule has 3 aromatic rings. The Kier molecular flexibility index (Phi) is 6.03. The normalized spacial score (nSPS) is 16.5. The fourth-order valence-electron chi connectivity index (χ4n) is 3.72. The molecule has 1 aliphatic heterocycles. The Morgan fingerprint density at radius 3 is 2.74 bits per heavy atom. The average molecular weight is 427 g/mol. The number of halogens is 1. The van der Waals surface area contributed by atoms with Crippen LogP contribution in [0.5, 0.6) is 5.75 Å². The Hall–Kier alpha value is -3.20. The highest BCUT2D eigenvalue weighted by atomic mass is 19.1. The molecule has 9 heteroatoms. The van der Waals surface area contributed by atoms with Crippen molar-refractivity contribution in [3.05, 3.63) is 65.0 Å². The van der Waals surface area contributed by atoms with Crippen LogP contribution in [-0.2, 0) is 25.3 Å². The van der Waals surface area contributed by atoms with Gasteiger partial charge < -0.3 is 14.4 Å². The second-order valence-corrected chi connectivity index (χ2v) is 7.65. The van der Waals surface area contributed by atoms with Crippen LogP contribution in [0.25, 0.3) is 0 Å². The number of nitrogens with zero attached hydrogens (tertiary/aromatic N) is 5. The Morgan fingerprint density at radius 1 is 1.26 bits per heavy atom. The molecule has 164 valence electrons. The molecule has 1 aromatic carbocycles. The molecule has 31 heavy (non-hydrogen) atoms. The largest absolute Gasteiger partial charge is 0.493 e. The molecule has 0 aliphatic carbocycles. The summed E-state index contributed by atoms with van der Waals surface area (Å²) in [6.07, 6.45) is 2.11. The molecule has 3 heterocycles. The van der Waals surface area contributed by atoms with Crippen LogP contribution < -0.4 is 4.74 Å². The molecular formula is C22H26FN5O3. The van der Waals surface area contributed by atoms with Crippen LogP contribution in [0.4, 0.5) is 4.39 Å². The third kappa shape index (κ3) is 4.77. The van der Waals surface area contributed by atoms with Crippen LogP contribution in [0.1, 0.15) is 33.5 Å². The van der Waals surface area contributed by atoms with Gasteiger partial charge in [0, 0.05) is 39.0 Å². The van der Waals surface area contributed by atoms with Crippen molar-refractivity contribution in [2.24, 2.45) is 14.1 Å². The molecule has 1 aliphatic rings. The first-order valence-corrected chi connectivity index (χ1v) is 10.2.